The molecule has 2 aromatic carbocycles. The number of benzene rings is 2. The fraction of sp³-hybridized carbons (Fsp3) is 0.387. The van der Waals surface area contributed by atoms with Gasteiger partial charge in [-0.2, -0.15) is 0 Å². The van der Waals surface area contributed by atoms with Gasteiger partial charge in [0, 0.05) is 29.4 Å². The molecule has 0 radical (unpaired) electrons. The second-order valence-corrected chi connectivity index (χ2v) is 12.6. The molecule has 0 spiro atoms. The van der Waals surface area contributed by atoms with Crippen molar-refractivity contribution in [3.63, 3.8) is 0 Å². The van der Waals surface area contributed by atoms with Crippen molar-refractivity contribution in [2.24, 2.45) is 0 Å². The summed E-state index contributed by atoms with van der Waals surface area (Å²) in [6.45, 7) is 4.88. The first-order valence-corrected chi connectivity index (χ1v) is 15.8. The van der Waals surface area contributed by atoms with E-state index in [1.165, 1.54) is 24.0 Å². The molecule has 44 heavy (non-hydrogen) atoms. The van der Waals surface area contributed by atoms with E-state index >= 15 is 0 Å². The number of thiazole rings is 1. The Kier molecular flexibility index (Phi) is 8.83. The summed E-state index contributed by atoms with van der Waals surface area (Å²) < 4.78 is 11.8. The molecule has 3 aliphatic rings. The number of nitrogens with one attached hydrogen (secondary N) is 1. The second kappa shape index (κ2) is 12.9. The van der Waals surface area contributed by atoms with Crippen LogP contribution in [-0.2, 0) is 16.0 Å². The van der Waals surface area contributed by atoms with E-state index in [2.05, 4.69) is 15.3 Å². The lowest BCUT2D eigenvalue weighted by Crippen LogP contribution is -2.37. The molecule has 3 N–H and O–H groups in total. The minimum atomic E-state index is -0.183. The smallest absolute Gasteiger partial charge is 0.410 e. The number of hydrogen-bond donors (Lipinski definition) is 2. The maximum Gasteiger partial charge on any atom is 0.410 e. The van der Waals surface area contributed by atoms with Gasteiger partial charge in [-0.3, -0.25) is 14.2 Å². The van der Waals surface area contributed by atoms with Gasteiger partial charge in [0.1, 0.15) is 22.3 Å². The van der Waals surface area contributed by atoms with Crippen LogP contribution in [-0.4, -0.2) is 69.9 Å². The van der Waals surface area contributed by atoms with Gasteiger partial charge in [0.25, 0.3) is 11.5 Å². The Morgan fingerprint density at radius 1 is 1.16 bits per heavy atom. The van der Waals surface area contributed by atoms with Crippen molar-refractivity contribution >= 4 is 51.5 Å². The van der Waals surface area contributed by atoms with Crippen LogP contribution in [0.4, 0.5) is 10.5 Å². The highest BCUT2D eigenvalue weighted by atomic mass is 35.5. The molecule has 13 heteroatoms. The first-order chi connectivity index (χ1) is 21.3. The molecule has 3 aliphatic heterocycles. The third kappa shape index (κ3) is 6.42. The predicted octanol–water partition coefficient (Wildman–Crippen LogP) is 4.62. The molecule has 230 valence electrons. The Morgan fingerprint density at radius 3 is 2.73 bits per heavy atom. The standard InChI is InChI=1S/C24H22ClN5O3S.C7H11NO2/c1-13-28-20-9-17(23-27-10-21(34-23)22(31)29-16-6-7-33-12-16)19(26)8-18(20)24(32)30(13)11-14-2-4-15(25)5-3-14;9-7-8-4-2-1-3-6(8)5-10-7/h2-5,8-10,16H,6-7,11-12,26H2,1H3,(H,29,31);6H,1-5H2. The van der Waals surface area contributed by atoms with Gasteiger partial charge in [0.2, 0.25) is 0 Å². The molecule has 2 atom stereocenters. The normalized spacial score (nSPS) is 19.3. The summed E-state index contributed by atoms with van der Waals surface area (Å²) in [5.41, 5.74) is 8.67. The topological polar surface area (TPSA) is 142 Å². The van der Waals surface area contributed by atoms with E-state index in [1.54, 1.807) is 35.8 Å². The van der Waals surface area contributed by atoms with E-state index in [1.807, 2.05) is 17.0 Å². The first-order valence-electron chi connectivity index (χ1n) is 14.6. The summed E-state index contributed by atoms with van der Waals surface area (Å²) in [6, 6.07) is 11.2. The van der Waals surface area contributed by atoms with Crippen molar-refractivity contribution in [3.8, 4) is 10.6 Å². The Balaban J connectivity index is 0.000000289. The van der Waals surface area contributed by atoms with Gasteiger partial charge in [0.15, 0.2) is 0 Å². The summed E-state index contributed by atoms with van der Waals surface area (Å²) in [7, 11) is 0. The molecule has 3 saturated heterocycles. The average Bonchev–Trinajstić information content (AvgIpc) is 3.79. The Hall–Kier alpha value is -4.00. The summed E-state index contributed by atoms with van der Waals surface area (Å²) in [4.78, 5) is 48.1. The monoisotopic (exact) mass is 636 g/mol. The number of aryl methyl sites for hydroxylation is 1. The first kappa shape index (κ1) is 30.0. The highest BCUT2D eigenvalue weighted by Gasteiger charge is 2.34. The molecule has 3 fully saturated rings. The van der Waals surface area contributed by atoms with Crippen LogP contribution < -0.4 is 16.6 Å². The van der Waals surface area contributed by atoms with Crippen molar-refractivity contribution in [3.05, 3.63) is 74.2 Å². The molecular weight excluding hydrogens is 604 g/mol. The van der Waals surface area contributed by atoms with Crippen LogP contribution in [0, 0.1) is 6.92 Å². The van der Waals surface area contributed by atoms with Crippen LogP contribution in [0.2, 0.25) is 5.02 Å². The molecule has 2 aromatic heterocycles. The lowest BCUT2D eigenvalue weighted by atomic mass is 10.0. The molecule has 5 heterocycles. The number of carbonyl (C=O) groups excluding carboxylic acids is 2. The van der Waals surface area contributed by atoms with Crippen molar-refractivity contribution in [1.82, 2.24) is 24.8 Å². The largest absolute Gasteiger partial charge is 0.447 e. The van der Waals surface area contributed by atoms with Crippen molar-refractivity contribution < 1.29 is 19.1 Å². The molecular formula is C31H33ClN6O5S. The Labute approximate surface area is 262 Å². The number of hydrogen-bond acceptors (Lipinski definition) is 9. The summed E-state index contributed by atoms with van der Waals surface area (Å²) in [5.74, 6) is 0.402. The van der Waals surface area contributed by atoms with Gasteiger partial charge in [0.05, 0.1) is 42.3 Å². The molecule has 11 nitrogen and oxygen atoms in total. The molecule has 0 saturated carbocycles. The number of nitrogens with zero attached hydrogens (tertiary/aromatic N) is 4. The summed E-state index contributed by atoms with van der Waals surface area (Å²) >= 11 is 7.22. The maximum absolute atomic E-state index is 13.2. The number of nitrogens with two attached hydrogens (primary N) is 1. The van der Waals surface area contributed by atoms with Crippen LogP contribution in [0.3, 0.4) is 0 Å². The van der Waals surface area contributed by atoms with Crippen LogP contribution in [0.25, 0.3) is 21.5 Å². The number of anilines is 1. The Bertz CT molecular complexity index is 1750. The number of amides is 2. The number of carbonyl (C=O) groups is 2. The number of rotatable bonds is 5. The van der Waals surface area contributed by atoms with E-state index in [4.69, 9.17) is 26.8 Å². The molecule has 0 bridgehead atoms. The molecule has 2 amide bonds. The van der Waals surface area contributed by atoms with E-state index in [9.17, 15) is 14.4 Å². The number of fused-ring (bicyclic) bond motifs is 2. The average molecular weight is 637 g/mol. The fourth-order valence-electron chi connectivity index (χ4n) is 5.61. The Morgan fingerprint density at radius 2 is 1.98 bits per heavy atom. The minimum Gasteiger partial charge on any atom is -0.447 e. The minimum absolute atomic E-state index is 0.0195. The second-order valence-electron chi connectivity index (χ2n) is 11.1. The zero-order valence-corrected chi connectivity index (χ0v) is 25.8. The van der Waals surface area contributed by atoms with Gasteiger partial charge >= 0.3 is 6.09 Å². The quantitative estimate of drug-likeness (QED) is 0.302. The fourth-order valence-corrected chi connectivity index (χ4v) is 6.60. The van der Waals surface area contributed by atoms with Crippen LogP contribution >= 0.6 is 22.9 Å². The zero-order valence-electron chi connectivity index (χ0n) is 24.3. The van der Waals surface area contributed by atoms with Crippen molar-refractivity contribution in [1.29, 1.82) is 0 Å². The van der Waals surface area contributed by atoms with Gasteiger partial charge in [-0.25, -0.2) is 14.8 Å². The highest BCUT2D eigenvalue weighted by Crippen LogP contribution is 2.32. The molecule has 2 unspecified atom stereocenters. The van der Waals surface area contributed by atoms with E-state index in [0.29, 0.717) is 75.3 Å². The lowest BCUT2D eigenvalue weighted by molar-refractivity contribution is 0.0933. The van der Waals surface area contributed by atoms with Gasteiger partial charge in [-0.05, 0) is 62.4 Å². The molecule has 7 rings (SSSR count). The third-order valence-corrected chi connectivity index (χ3v) is 9.34. The van der Waals surface area contributed by atoms with Crippen LogP contribution in [0.15, 0.2) is 47.4 Å². The van der Waals surface area contributed by atoms with E-state index < -0.39 is 0 Å². The van der Waals surface area contributed by atoms with Crippen LogP contribution in [0.5, 0.6) is 0 Å². The molecule has 4 aromatic rings. The lowest BCUT2D eigenvalue weighted by Gasteiger charge is -2.25. The summed E-state index contributed by atoms with van der Waals surface area (Å²) in [6.07, 6.45) is 5.76. The van der Waals surface area contributed by atoms with Crippen molar-refractivity contribution in [2.75, 3.05) is 32.1 Å². The third-order valence-electron chi connectivity index (χ3n) is 8.06. The van der Waals surface area contributed by atoms with Gasteiger partial charge in [-0.15, -0.1) is 11.3 Å². The highest BCUT2D eigenvalue weighted by molar-refractivity contribution is 7.17. The number of piperidine rings is 1. The van der Waals surface area contributed by atoms with Crippen LogP contribution in [0.1, 0.15) is 46.7 Å². The summed E-state index contributed by atoms with van der Waals surface area (Å²) in [5, 5.41) is 4.62. The number of ether oxygens (including phenoxy) is 2. The number of nitrogen functional groups attached to an aromatic ring is 1. The number of halogens is 1. The maximum atomic E-state index is 13.2. The zero-order chi connectivity index (χ0) is 30.8. The van der Waals surface area contributed by atoms with E-state index in [-0.39, 0.29) is 23.6 Å². The van der Waals surface area contributed by atoms with Gasteiger partial charge < -0.3 is 25.4 Å². The van der Waals surface area contributed by atoms with Crippen molar-refractivity contribution in [2.45, 2.75) is 51.2 Å². The predicted molar refractivity (Wildman–Crippen MR) is 169 cm³/mol. The van der Waals surface area contributed by atoms with E-state index in [0.717, 1.165) is 31.4 Å². The molecule has 0 aliphatic carbocycles. The SMILES string of the molecule is Cc1nc2cc(-c3ncc(C(=O)NC4CCOC4)s3)c(N)cc2c(=O)n1Cc1ccc(Cl)cc1.O=C1OCC2CCCCN12. The number of aromatic nitrogens is 3. The number of cyclic esters (lactones) is 1. The van der Waals surface area contributed by atoms with Gasteiger partial charge in [-0.1, -0.05) is 23.7 Å².